The number of ketones is 3. The summed E-state index contributed by atoms with van der Waals surface area (Å²) in [7, 11) is 0. The normalized spacial score (nSPS) is 42.7. The van der Waals surface area contributed by atoms with Gasteiger partial charge < -0.3 is 9.84 Å². The van der Waals surface area contributed by atoms with E-state index in [1.807, 2.05) is 6.92 Å². The maximum atomic E-state index is 13.5. The van der Waals surface area contributed by atoms with Gasteiger partial charge in [-0.15, -0.1) is 0 Å². The Hall–Kier alpha value is -1.82. The van der Waals surface area contributed by atoms with Gasteiger partial charge in [-0.3, -0.25) is 19.2 Å². The zero-order valence-electron chi connectivity index (χ0n) is 18.2. The largest absolute Gasteiger partial charge is 0.458 e. The van der Waals surface area contributed by atoms with Gasteiger partial charge in [0.2, 0.25) is 5.78 Å². The maximum absolute atomic E-state index is 13.5. The van der Waals surface area contributed by atoms with E-state index in [1.165, 1.54) is 0 Å². The van der Waals surface area contributed by atoms with Gasteiger partial charge in [0.05, 0.1) is 0 Å². The number of hydrogen-bond acceptors (Lipinski definition) is 6. The molecule has 0 aliphatic heterocycles. The number of allylic oxidation sites excluding steroid dienone is 1. The molecule has 0 aromatic rings. The predicted molar refractivity (Wildman–Crippen MR) is 108 cm³/mol. The standard InChI is InChI=1S/C24H32O6/c1-4-20(28)30-13-19(27)24(29)10-8-17-16-6-5-14-11-15(25)7-9-22(14,2)21(16)18(26)12-23(17,24)3/h11,16-17,21,29H,4-10,12-13H2,1-3H3/t16?,17?,21?,22-,23-,24-/m0/s1. The molecule has 4 aliphatic carbocycles. The molecule has 3 saturated carbocycles. The van der Waals surface area contributed by atoms with E-state index in [2.05, 4.69) is 6.92 Å². The van der Waals surface area contributed by atoms with Crippen molar-refractivity contribution in [2.24, 2.45) is 28.6 Å². The first-order valence-electron chi connectivity index (χ1n) is 11.2. The summed E-state index contributed by atoms with van der Waals surface area (Å²) in [5.74, 6) is -0.710. The lowest BCUT2D eigenvalue weighted by molar-refractivity contribution is -0.173. The molecule has 4 rings (SSSR count). The van der Waals surface area contributed by atoms with Gasteiger partial charge >= 0.3 is 5.97 Å². The predicted octanol–water partition coefficient (Wildman–Crippen LogP) is 2.95. The third-order valence-corrected chi connectivity index (χ3v) is 8.92. The monoisotopic (exact) mass is 416 g/mol. The van der Waals surface area contributed by atoms with Gasteiger partial charge in [-0.1, -0.05) is 26.3 Å². The van der Waals surface area contributed by atoms with Crippen molar-refractivity contribution in [1.82, 2.24) is 0 Å². The van der Waals surface area contributed by atoms with Gasteiger partial charge in [0.15, 0.2) is 12.4 Å². The van der Waals surface area contributed by atoms with Crippen LogP contribution in [0.3, 0.4) is 0 Å². The van der Waals surface area contributed by atoms with E-state index >= 15 is 0 Å². The Morgan fingerprint density at radius 2 is 1.90 bits per heavy atom. The highest BCUT2D eigenvalue weighted by Gasteiger charge is 2.68. The van der Waals surface area contributed by atoms with Crippen molar-refractivity contribution in [3.05, 3.63) is 11.6 Å². The first-order valence-corrected chi connectivity index (χ1v) is 11.2. The van der Waals surface area contributed by atoms with Crippen molar-refractivity contribution in [2.45, 2.75) is 77.7 Å². The highest BCUT2D eigenvalue weighted by Crippen LogP contribution is 2.66. The fraction of sp³-hybridized carbons (Fsp3) is 0.750. The fourth-order valence-corrected chi connectivity index (χ4v) is 7.21. The van der Waals surface area contributed by atoms with E-state index in [4.69, 9.17) is 4.74 Å². The Kier molecular flexibility index (Phi) is 5.08. The van der Waals surface area contributed by atoms with Gasteiger partial charge in [-0.2, -0.15) is 0 Å². The van der Waals surface area contributed by atoms with E-state index in [0.29, 0.717) is 25.7 Å². The first-order chi connectivity index (χ1) is 14.1. The van der Waals surface area contributed by atoms with Crippen LogP contribution in [0.5, 0.6) is 0 Å². The number of rotatable bonds is 4. The van der Waals surface area contributed by atoms with Crippen LogP contribution in [0.15, 0.2) is 11.6 Å². The number of aliphatic hydroxyl groups is 1. The lowest BCUT2D eigenvalue weighted by Gasteiger charge is -2.57. The number of ether oxygens (including phenoxy) is 1. The summed E-state index contributed by atoms with van der Waals surface area (Å²) in [5, 5.41) is 11.5. The van der Waals surface area contributed by atoms with Gasteiger partial charge in [0.25, 0.3) is 0 Å². The third-order valence-electron chi connectivity index (χ3n) is 8.92. The molecule has 1 N–H and O–H groups in total. The molecule has 0 aromatic heterocycles. The number of hydrogen-bond donors (Lipinski definition) is 1. The van der Waals surface area contributed by atoms with Crippen molar-refractivity contribution < 1.29 is 29.0 Å². The summed E-state index contributed by atoms with van der Waals surface area (Å²) in [6.07, 6.45) is 5.84. The molecule has 0 heterocycles. The zero-order chi connectivity index (χ0) is 21.9. The summed E-state index contributed by atoms with van der Waals surface area (Å²) in [4.78, 5) is 49.9. The fourth-order valence-electron chi connectivity index (χ4n) is 7.21. The van der Waals surface area contributed by atoms with Gasteiger partial charge in [-0.05, 0) is 55.4 Å². The van der Waals surface area contributed by atoms with Crippen molar-refractivity contribution in [1.29, 1.82) is 0 Å². The summed E-state index contributed by atoms with van der Waals surface area (Å²) < 4.78 is 5.01. The molecule has 30 heavy (non-hydrogen) atoms. The molecule has 6 nitrogen and oxygen atoms in total. The number of carbonyl (C=O) groups excluding carboxylic acids is 4. The van der Waals surface area contributed by atoms with Crippen molar-refractivity contribution >= 4 is 23.3 Å². The second-order valence-corrected chi connectivity index (χ2v) is 10.2. The van der Waals surface area contributed by atoms with E-state index in [1.54, 1.807) is 13.0 Å². The molecule has 6 atom stereocenters. The van der Waals surface area contributed by atoms with Crippen LogP contribution in [-0.2, 0) is 23.9 Å². The summed E-state index contributed by atoms with van der Waals surface area (Å²) in [6, 6.07) is 0. The van der Waals surface area contributed by atoms with Crippen LogP contribution >= 0.6 is 0 Å². The zero-order valence-corrected chi connectivity index (χ0v) is 18.2. The summed E-state index contributed by atoms with van der Waals surface area (Å²) in [5.41, 5.74) is -1.68. The average molecular weight is 417 g/mol. The molecule has 6 heteroatoms. The molecular weight excluding hydrogens is 384 g/mol. The Morgan fingerprint density at radius 1 is 1.17 bits per heavy atom. The molecule has 4 aliphatic rings. The van der Waals surface area contributed by atoms with E-state index in [0.717, 1.165) is 18.4 Å². The molecule has 3 unspecified atom stereocenters. The molecular formula is C24H32O6. The van der Waals surface area contributed by atoms with Gasteiger partial charge in [0.1, 0.15) is 11.4 Å². The average Bonchev–Trinajstić information content (AvgIpc) is 2.97. The Bertz CT molecular complexity index is 843. The lowest BCUT2D eigenvalue weighted by Crippen LogP contribution is -2.61. The van der Waals surface area contributed by atoms with Gasteiger partial charge in [0, 0.05) is 30.6 Å². The molecule has 0 spiro atoms. The van der Waals surface area contributed by atoms with Crippen LogP contribution < -0.4 is 0 Å². The molecule has 0 bridgehead atoms. The van der Waals surface area contributed by atoms with Crippen LogP contribution in [0.1, 0.15) is 72.1 Å². The molecule has 0 amide bonds. The first kappa shape index (κ1) is 21.4. The van der Waals surface area contributed by atoms with Crippen LogP contribution in [0.4, 0.5) is 0 Å². The minimum atomic E-state index is -1.65. The quantitative estimate of drug-likeness (QED) is 0.708. The second kappa shape index (κ2) is 7.11. The van der Waals surface area contributed by atoms with Gasteiger partial charge in [-0.25, -0.2) is 0 Å². The van der Waals surface area contributed by atoms with Crippen molar-refractivity contribution in [3.8, 4) is 0 Å². The van der Waals surface area contributed by atoms with E-state index in [-0.39, 0.29) is 47.6 Å². The molecule has 0 aromatic carbocycles. The Labute approximate surface area is 177 Å². The Balaban J connectivity index is 1.63. The number of fused-ring (bicyclic) bond motifs is 5. The lowest BCUT2D eigenvalue weighted by atomic mass is 9.46. The Morgan fingerprint density at radius 3 is 2.60 bits per heavy atom. The maximum Gasteiger partial charge on any atom is 0.305 e. The summed E-state index contributed by atoms with van der Waals surface area (Å²) >= 11 is 0. The second-order valence-electron chi connectivity index (χ2n) is 10.2. The van der Waals surface area contributed by atoms with Crippen LogP contribution in [0, 0.1) is 28.6 Å². The molecule has 164 valence electrons. The molecule has 0 radical (unpaired) electrons. The van der Waals surface area contributed by atoms with Crippen molar-refractivity contribution in [2.75, 3.05) is 6.61 Å². The minimum Gasteiger partial charge on any atom is -0.458 e. The smallest absolute Gasteiger partial charge is 0.305 e. The van der Waals surface area contributed by atoms with Crippen LogP contribution in [0.25, 0.3) is 0 Å². The third kappa shape index (κ3) is 2.86. The van der Waals surface area contributed by atoms with Crippen LogP contribution in [-0.4, -0.2) is 40.6 Å². The van der Waals surface area contributed by atoms with E-state index < -0.39 is 29.4 Å². The molecule has 0 saturated heterocycles. The number of carbonyl (C=O) groups is 4. The minimum absolute atomic E-state index is 0.0621. The number of esters is 1. The van der Waals surface area contributed by atoms with Crippen LogP contribution in [0.2, 0.25) is 0 Å². The molecule has 3 fully saturated rings. The SMILES string of the molecule is CCC(=O)OCC(=O)[C@@]1(O)CCC2C3CCC4=CC(=O)CC[C@]4(C)C3C(=O)C[C@@]21C. The number of Topliss-reactive ketones (excluding diaryl/α,β-unsaturated/α-hetero) is 2. The topological polar surface area (TPSA) is 97.7 Å². The summed E-state index contributed by atoms with van der Waals surface area (Å²) in [6.45, 7) is 5.20. The van der Waals surface area contributed by atoms with E-state index in [9.17, 15) is 24.3 Å². The highest BCUT2D eigenvalue weighted by atomic mass is 16.5. The van der Waals surface area contributed by atoms with Crippen molar-refractivity contribution in [3.63, 3.8) is 0 Å². The highest BCUT2D eigenvalue weighted by molar-refractivity contribution is 5.95.